The second-order valence-corrected chi connectivity index (χ2v) is 9.05. The molecular formula is C22H28F3N5O. The van der Waals surface area contributed by atoms with Crippen LogP contribution in [0.3, 0.4) is 0 Å². The summed E-state index contributed by atoms with van der Waals surface area (Å²) in [6, 6.07) is -2.19. The van der Waals surface area contributed by atoms with Gasteiger partial charge in [0.05, 0.1) is 12.1 Å². The van der Waals surface area contributed by atoms with Crippen LogP contribution in [0.4, 0.5) is 13.2 Å². The third-order valence-electron chi connectivity index (χ3n) is 7.18. The fourth-order valence-corrected chi connectivity index (χ4v) is 5.29. The van der Waals surface area contributed by atoms with Gasteiger partial charge in [-0.05, 0) is 20.0 Å². The molecule has 0 bridgehead atoms. The predicted molar refractivity (Wildman–Crippen MR) is 111 cm³/mol. The van der Waals surface area contributed by atoms with E-state index in [9.17, 15) is 13.6 Å². The van der Waals surface area contributed by atoms with Crippen molar-refractivity contribution in [1.29, 1.82) is 0 Å². The molecule has 9 heteroatoms. The lowest BCUT2D eigenvalue weighted by Gasteiger charge is -2.44. The third-order valence-corrected chi connectivity index (χ3v) is 7.18. The van der Waals surface area contributed by atoms with Crippen LogP contribution in [-0.4, -0.2) is 102 Å². The largest absolute Gasteiger partial charge is 0.354 e. The average molecular weight is 435 g/mol. The van der Waals surface area contributed by atoms with Crippen LogP contribution in [0.5, 0.6) is 0 Å². The molecule has 0 aromatic carbocycles. The van der Waals surface area contributed by atoms with Crippen LogP contribution in [-0.2, 0) is 4.79 Å². The standard InChI is InChI=1S/C22H28F3N5O/c1-13-22(31)26-19-18(24)14(10-15-16(23)12-30(13)20(15)19)11-28-6-8-29(9-7-28)17-4-3-5-27(2)21(17)25/h3-4,10,12-13,17,19-21H,5-9,11H2,1-2H3,(H,26,31)/t13-,17?,19?,20?,21?/m1/s1. The van der Waals surface area contributed by atoms with Crippen LogP contribution in [0, 0.1) is 0 Å². The van der Waals surface area contributed by atoms with Crippen LogP contribution < -0.4 is 5.32 Å². The van der Waals surface area contributed by atoms with Crippen molar-refractivity contribution in [2.45, 2.75) is 37.4 Å². The summed E-state index contributed by atoms with van der Waals surface area (Å²) >= 11 is 0. The summed E-state index contributed by atoms with van der Waals surface area (Å²) in [4.78, 5) is 19.8. The Morgan fingerprint density at radius 3 is 2.68 bits per heavy atom. The predicted octanol–water partition coefficient (Wildman–Crippen LogP) is 1.32. The zero-order valence-electron chi connectivity index (χ0n) is 17.8. The Morgan fingerprint density at radius 2 is 1.94 bits per heavy atom. The first-order valence-electron chi connectivity index (χ1n) is 10.9. The van der Waals surface area contributed by atoms with E-state index in [2.05, 4.69) is 15.1 Å². The van der Waals surface area contributed by atoms with Crippen molar-refractivity contribution in [1.82, 2.24) is 24.9 Å². The molecule has 2 fully saturated rings. The van der Waals surface area contributed by atoms with E-state index in [1.54, 1.807) is 29.8 Å². The van der Waals surface area contributed by atoms with E-state index in [1.807, 2.05) is 12.2 Å². The SMILES string of the molecule is C[C@@H]1C(=O)NC2C(F)=C(CN3CCN(C4C=CCN(C)C4F)CC3)C=C3C(F)=CN1C32. The molecule has 0 aromatic rings. The minimum Gasteiger partial charge on any atom is -0.354 e. The molecule has 1 aliphatic carbocycles. The Balaban J connectivity index is 1.28. The Labute approximate surface area is 180 Å². The van der Waals surface area contributed by atoms with Crippen LogP contribution in [0.15, 0.2) is 47.2 Å². The molecule has 1 amide bonds. The molecular weight excluding hydrogens is 407 g/mol. The average Bonchev–Trinajstić information content (AvgIpc) is 3.09. The number of hydrogen-bond donors (Lipinski definition) is 1. The first kappa shape index (κ1) is 20.8. The number of carbonyl (C=O) groups excluding carboxylic acids is 1. The first-order valence-corrected chi connectivity index (χ1v) is 10.9. The Kier molecular flexibility index (Phi) is 5.22. The molecule has 31 heavy (non-hydrogen) atoms. The topological polar surface area (TPSA) is 42.1 Å². The fourth-order valence-electron chi connectivity index (χ4n) is 5.29. The molecule has 168 valence electrons. The molecule has 4 unspecified atom stereocenters. The second-order valence-electron chi connectivity index (χ2n) is 9.05. The summed E-state index contributed by atoms with van der Waals surface area (Å²) in [7, 11) is 1.78. The number of alkyl halides is 1. The molecule has 5 atom stereocenters. The van der Waals surface area contributed by atoms with E-state index in [-0.39, 0.29) is 11.9 Å². The highest BCUT2D eigenvalue weighted by atomic mass is 19.1. The summed E-state index contributed by atoms with van der Waals surface area (Å²) in [5.74, 6) is -1.11. The van der Waals surface area contributed by atoms with Gasteiger partial charge < -0.3 is 10.2 Å². The molecule has 0 saturated carbocycles. The van der Waals surface area contributed by atoms with E-state index in [0.717, 1.165) is 0 Å². The van der Waals surface area contributed by atoms with Crippen LogP contribution in [0.2, 0.25) is 0 Å². The van der Waals surface area contributed by atoms with Gasteiger partial charge in [0.25, 0.3) is 0 Å². The number of likely N-dealkylation sites (N-methyl/N-ethyl adjacent to an activating group) is 1. The molecule has 0 radical (unpaired) electrons. The minimum absolute atomic E-state index is 0.266. The van der Waals surface area contributed by atoms with E-state index < -0.39 is 36.1 Å². The Bertz CT molecular complexity index is 892. The smallest absolute Gasteiger partial charge is 0.243 e. The van der Waals surface area contributed by atoms with Crippen molar-refractivity contribution in [2.75, 3.05) is 46.3 Å². The molecule has 4 heterocycles. The Hall–Kier alpha value is -2.10. The van der Waals surface area contributed by atoms with Gasteiger partial charge in [-0.2, -0.15) is 0 Å². The summed E-state index contributed by atoms with van der Waals surface area (Å²) in [5.41, 5.74) is 0.841. The van der Waals surface area contributed by atoms with E-state index in [1.165, 1.54) is 6.20 Å². The van der Waals surface area contributed by atoms with Gasteiger partial charge >= 0.3 is 0 Å². The molecule has 4 aliphatic heterocycles. The van der Waals surface area contributed by atoms with Gasteiger partial charge in [0.1, 0.15) is 23.7 Å². The lowest BCUT2D eigenvalue weighted by Crippen LogP contribution is -2.63. The zero-order valence-corrected chi connectivity index (χ0v) is 17.8. The van der Waals surface area contributed by atoms with Gasteiger partial charge in [0, 0.05) is 56.6 Å². The van der Waals surface area contributed by atoms with Gasteiger partial charge in [-0.25, -0.2) is 13.2 Å². The normalized spacial score (nSPS) is 37.0. The first-order chi connectivity index (χ1) is 14.8. The molecule has 5 aliphatic rings. The highest BCUT2D eigenvalue weighted by Crippen LogP contribution is 2.41. The molecule has 1 N–H and O–H groups in total. The van der Waals surface area contributed by atoms with Crippen LogP contribution >= 0.6 is 0 Å². The lowest BCUT2D eigenvalue weighted by molar-refractivity contribution is -0.129. The summed E-state index contributed by atoms with van der Waals surface area (Å²) in [6.07, 6.45) is 5.82. The van der Waals surface area contributed by atoms with Crippen molar-refractivity contribution < 1.29 is 18.0 Å². The van der Waals surface area contributed by atoms with Crippen molar-refractivity contribution in [2.24, 2.45) is 0 Å². The monoisotopic (exact) mass is 435 g/mol. The zero-order chi connectivity index (χ0) is 21.9. The molecule has 6 nitrogen and oxygen atoms in total. The maximum atomic E-state index is 15.3. The van der Waals surface area contributed by atoms with Crippen LogP contribution in [0.1, 0.15) is 6.92 Å². The number of halogens is 3. The number of nitrogens with one attached hydrogen (secondary N) is 1. The number of nitrogens with zero attached hydrogens (tertiary/aromatic N) is 4. The number of piperazine rings is 2. The lowest BCUT2D eigenvalue weighted by atomic mass is 9.87. The van der Waals surface area contributed by atoms with Gasteiger partial charge in [-0.15, -0.1) is 0 Å². The summed E-state index contributed by atoms with van der Waals surface area (Å²) in [5, 5.41) is 2.73. The molecule has 0 aromatic heterocycles. The highest BCUT2D eigenvalue weighted by Gasteiger charge is 2.49. The molecule has 0 spiro atoms. The number of hydrogen-bond acceptors (Lipinski definition) is 5. The molecule has 5 rings (SSSR count). The second kappa shape index (κ2) is 7.79. The summed E-state index contributed by atoms with van der Waals surface area (Å²) in [6.45, 7) is 5.33. The van der Waals surface area contributed by atoms with E-state index in [4.69, 9.17) is 0 Å². The summed E-state index contributed by atoms with van der Waals surface area (Å²) < 4.78 is 44.5. The number of carbonyl (C=O) groups is 1. The van der Waals surface area contributed by atoms with Gasteiger partial charge in [-0.3, -0.25) is 19.5 Å². The van der Waals surface area contributed by atoms with Crippen molar-refractivity contribution in [3.8, 4) is 0 Å². The van der Waals surface area contributed by atoms with Gasteiger partial charge in [-0.1, -0.05) is 12.2 Å². The van der Waals surface area contributed by atoms with Gasteiger partial charge in [0.2, 0.25) is 5.91 Å². The minimum atomic E-state index is -1.03. The van der Waals surface area contributed by atoms with E-state index >= 15 is 4.39 Å². The molecule has 2 saturated heterocycles. The fraction of sp³-hybridized carbons (Fsp3) is 0.591. The van der Waals surface area contributed by atoms with Gasteiger partial charge in [0.15, 0.2) is 6.30 Å². The van der Waals surface area contributed by atoms with Crippen molar-refractivity contribution in [3.05, 3.63) is 47.2 Å². The maximum absolute atomic E-state index is 15.3. The van der Waals surface area contributed by atoms with Crippen molar-refractivity contribution >= 4 is 5.91 Å². The van der Waals surface area contributed by atoms with Crippen LogP contribution in [0.25, 0.3) is 0 Å². The maximum Gasteiger partial charge on any atom is 0.243 e. The quantitative estimate of drug-likeness (QED) is 0.535. The number of rotatable bonds is 3. The Morgan fingerprint density at radius 1 is 1.19 bits per heavy atom. The van der Waals surface area contributed by atoms with Crippen molar-refractivity contribution in [3.63, 3.8) is 0 Å². The number of amides is 1. The van der Waals surface area contributed by atoms with E-state index in [0.29, 0.717) is 50.4 Å². The third kappa shape index (κ3) is 3.43. The highest BCUT2D eigenvalue weighted by molar-refractivity contribution is 5.84.